The zero-order chi connectivity index (χ0) is 18.3. The summed E-state index contributed by atoms with van der Waals surface area (Å²) in [4.78, 5) is 38.5. The fraction of sp³-hybridized carbons (Fsp3) is 0.450. The Morgan fingerprint density at radius 2 is 1.73 bits per heavy atom. The monoisotopic (exact) mass is 354 g/mol. The summed E-state index contributed by atoms with van der Waals surface area (Å²) in [6.45, 7) is 0.572. The number of amides is 3. The molecule has 0 aromatic heterocycles. The van der Waals surface area contributed by atoms with E-state index >= 15 is 0 Å². The van der Waals surface area contributed by atoms with E-state index in [1.165, 1.54) is 4.90 Å². The lowest BCUT2D eigenvalue weighted by molar-refractivity contribution is -0.141. The van der Waals surface area contributed by atoms with Gasteiger partial charge in [-0.15, -0.1) is 0 Å². The van der Waals surface area contributed by atoms with Crippen molar-refractivity contribution in [3.05, 3.63) is 42.0 Å². The Bertz CT molecular complexity index is 741. The van der Waals surface area contributed by atoms with Crippen molar-refractivity contribution < 1.29 is 19.1 Å². The first-order valence-corrected chi connectivity index (χ1v) is 9.01. The van der Waals surface area contributed by atoms with Crippen LogP contribution >= 0.6 is 0 Å². The summed E-state index contributed by atoms with van der Waals surface area (Å²) < 4.78 is 5.10. The molecule has 26 heavy (non-hydrogen) atoms. The van der Waals surface area contributed by atoms with Gasteiger partial charge in [0.05, 0.1) is 18.9 Å². The summed E-state index contributed by atoms with van der Waals surface area (Å²) in [6.07, 6.45) is 5.20. The number of rotatable bonds is 6. The first-order chi connectivity index (χ1) is 12.6. The number of imide groups is 1. The Balaban J connectivity index is 1.28. The van der Waals surface area contributed by atoms with Crippen LogP contribution in [0.2, 0.25) is 0 Å². The molecule has 0 unspecified atom stereocenters. The largest absolute Gasteiger partial charge is 0.497 e. The Morgan fingerprint density at radius 1 is 1.12 bits per heavy atom. The molecule has 3 aliphatic rings. The fourth-order valence-electron chi connectivity index (χ4n) is 4.43. The second kappa shape index (κ2) is 6.59. The van der Waals surface area contributed by atoms with Gasteiger partial charge in [-0.05, 0) is 36.0 Å². The molecule has 4 atom stereocenters. The van der Waals surface area contributed by atoms with Gasteiger partial charge in [0.1, 0.15) is 5.75 Å². The van der Waals surface area contributed by atoms with E-state index in [0.717, 1.165) is 17.7 Å². The van der Waals surface area contributed by atoms with Crippen molar-refractivity contribution >= 4 is 17.7 Å². The van der Waals surface area contributed by atoms with Crippen molar-refractivity contribution in [2.45, 2.75) is 19.4 Å². The lowest BCUT2D eigenvalue weighted by Crippen LogP contribution is -2.36. The predicted octanol–water partition coefficient (Wildman–Crippen LogP) is 1.51. The van der Waals surface area contributed by atoms with Gasteiger partial charge in [0, 0.05) is 19.5 Å². The van der Waals surface area contributed by atoms with Gasteiger partial charge in [0.2, 0.25) is 17.7 Å². The van der Waals surface area contributed by atoms with Crippen LogP contribution in [0.5, 0.6) is 5.75 Å². The molecule has 2 aliphatic carbocycles. The molecule has 1 heterocycles. The van der Waals surface area contributed by atoms with E-state index in [2.05, 4.69) is 17.5 Å². The molecule has 1 saturated carbocycles. The first kappa shape index (κ1) is 16.8. The van der Waals surface area contributed by atoms with Crippen molar-refractivity contribution in [2.24, 2.45) is 23.7 Å². The van der Waals surface area contributed by atoms with Crippen LogP contribution in [0.3, 0.4) is 0 Å². The van der Waals surface area contributed by atoms with E-state index in [4.69, 9.17) is 4.74 Å². The molecule has 0 spiro atoms. The highest BCUT2D eigenvalue weighted by Gasteiger charge is 2.58. The Kier molecular flexibility index (Phi) is 4.26. The molecule has 0 radical (unpaired) electrons. The van der Waals surface area contributed by atoms with E-state index in [9.17, 15) is 14.4 Å². The third-order valence-electron chi connectivity index (χ3n) is 5.77. The fourth-order valence-corrected chi connectivity index (χ4v) is 4.43. The first-order valence-electron chi connectivity index (χ1n) is 9.01. The summed E-state index contributed by atoms with van der Waals surface area (Å²) in [5, 5.41) is 2.83. The highest BCUT2D eigenvalue weighted by Crippen LogP contribution is 2.52. The number of nitrogens with zero attached hydrogens (tertiary/aromatic N) is 1. The van der Waals surface area contributed by atoms with Gasteiger partial charge in [-0.25, -0.2) is 0 Å². The quantitative estimate of drug-likeness (QED) is 0.621. The van der Waals surface area contributed by atoms with Crippen LogP contribution in [0.1, 0.15) is 18.4 Å². The number of likely N-dealkylation sites (tertiary alicyclic amines) is 1. The van der Waals surface area contributed by atoms with E-state index in [1.807, 2.05) is 24.3 Å². The minimum atomic E-state index is -0.195. The number of nitrogens with one attached hydrogen (secondary N) is 1. The number of hydrogen-bond donors (Lipinski definition) is 1. The molecular weight excluding hydrogens is 332 g/mol. The summed E-state index contributed by atoms with van der Waals surface area (Å²) in [5.74, 6) is 0.421. The van der Waals surface area contributed by atoms with E-state index in [1.54, 1.807) is 7.11 Å². The van der Waals surface area contributed by atoms with Gasteiger partial charge in [-0.1, -0.05) is 24.3 Å². The second-order valence-electron chi connectivity index (χ2n) is 7.20. The lowest BCUT2D eigenvalue weighted by atomic mass is 9.85. The highest BCUT2D eigenvalue weighted by atomic mass is 16.5. The van der Waals surface area contributed by atoms with Crippen LogP contribution in [0, 0.1) is 23.7 Å². The van der Waals surface area contributed by atoms with Gasteiger partial charge in [-0.3, -0.25) is 19.3 Å². The summed E-state index contributed by atoms with van der Waals surface area (Å²) in [5.41, 5.74) is 0.963. The van der Waals surface area contributed by atoms with Gasteiger partial charge in [0.15, 0.2) is 0 Å². The molecule has 3 amide bonds. The highest BCUT2D eigenvalue weighted by molar-refractivity contribution is 6.06. The van der Waals surface area contributed by atoms with Gasteiger partial charge in [0.25, 0.3) is 0 Å². The predicted molar refractivity (Wildman–Crippen MR) is 93.9 cm³/mol. The van der Waals surface area contributed by atoms with Gasteiger partial charge in [-0.2, -0.15) is 0 Å². The molecule has 6 heteroatoms. The molecule has 2 fully saturated rings. The summed E-state index contributed by atoms with van der Waals surface area (Å²) >= 11 is 0. The maximum atomic E-state index is 12.6. The average molecular weight is 354 g/mol. The van der Waals surface area contributed by atoms with Gasteiger partial charge >= 0.3 is 0 Å². The number of carbonyl (C=O) groups excluding carboxylic acids is 3. The molecule has 1 saturated heterocycles. The lowest BCUT2D eigenvalue weighted by Gasteiger charge is -2.17. The minimum Gasteiger partial charge on any atom is -0.497 e. The van der Waals surface area contributed by atoms with Crippen LogP contribution < -0.4 is 10.1 Å². The number of ether oxygens (including phenoxy) is 1. The molecule has 1 aliphatic heterocycles. The van der Waals surface area contributed by atoms with Crippen LogP contribution in [-0.4, -0.2) is 36.3 Å². The molecule has 136 valence electrons. The molecule has 4 rings (SSSR count). The van der Waals surface area contributed by atoms with E-state index in [0.29, 0.717) is 6.54 Å². The Hall–Kier alpha value is -2.63. The zero-order valence-electron chi connectivity index (χ0n) is 14.7. The van der Waals surface area contributed by atoms with E-state index in [-0.39, 0.29) is 54.4 Å². The number of fused-ring (bicyclic) bond motifs is 5. The number of allylic oxidation sites excluding steroid dienone is 2. The second-order valence-corrected chi connectivity index (χ2v) is 7.20. The molecule has 2 bridgehead atoms. The normalized spacial score (nSPS) is 28.6. The van der Waals surface area contributed by atoms with E-state index < -0.39 is 0 Å². The molecule has 1 N–H and O–H groups in total. The Morgan fingerprint density at radius 3 is 2.31 bits per heavy atom. The number of methoxy groups -OCH3 is 1. The van der Waals surface area contributed by atoms with Crippen LogP contribution in [-0.2, 0) is 20.9 Å². The minimum absolute atomic E-state index is 0.0974. The van der Waals surface area contributed by atoms with Crippen LogP contribution in [0.4, 0.5) is 0 Å². The molecule has 1 aromatic rings. The van der Waals surface area contributed by atoms with Gasteiger partial charge < -0.3 is 10.1 Å². The maximum Gasteiger partial charge on any atom is 0.233 e. The Labute approximate surface area is 152 Å². The third-order valence-corrected chi connectivity index (χ3v) is 5.77. The van der Waals surface area contributed by atoms with Crippen LogP contribution in [0.25, 0.3) is 0 Å². The SMILES string of the molecule is COc1ccc(CNC(=O)CCN2C(=O)[C@@H]3[C@H](C2=O)[C@H]2C=C[C@H]3C2)cc1. The maximum absolute atomic E-state index is 12.6. The summed E-state index contributed by atoms with van der Waals surface area (Å²) in [7, 11) is 1.60. The number of hydrogen-bond acceptors (Lipinski definition) is 4. The zero-order valence-corrected chi connectivity index (χ0v) is 14.7. The van der Waals surface area contributed by atoms with Crippen molar-refractivity contribution in [1.82, 2.24) is 10.2 Å². The molecule has 1 aromatic carbocycles. The van der Waals surface area contributed by atoms with Crippen molar-refractivity contribution in [2.75, 3.05) is 13.7 Å². The molecular formula is C20H22N2O4. The van der Waals surface area contributed by atoms with Crippen molar-refractivity contribution in [3.63, 3.8) is 0 Å². The standard InChI is InChI=1S/C20H22N2O4/c1-26-15-6-2-12(3-7-15)11-21-16(23)8-9-22-19(24)17-13-4-5-14(10-13)18(17)20(22)25/h2-7,13-14,17-18H,8-11H2,1H3,(H,21,23)/t13-,14-,17-,18+/m0/s1. The van der Waals surface area contributed by atoms with Crippen molar-refractivity contribution in [1.29, 1.82) is 0 Å². The molecule has 6 nitrogen and oxygen atoms in total. The summed E-state index contributed by atoms with van der Waals surface area (Å²) in [6, 6.07) is 7.45. The smallest absolute Gasteiger partial charge is 0.233 e. The van der Waals surface area contributed by atoms with Crippen LogP contribution in [0.15, 0.2) is 36.4 Å². The third kappa shape index (κ3) is 2.79. The number of carbonyl (C=O) groups is 3. The van der Waals surface area contributed by atoms with Crippen molar-refractivity contribution in [3.8, 4) is 5.75 Å². The average Bonchev–Trinajstić information content (AvgIpc) is 3.33. The number of benzene rings is 1. The topological polar surface area (TPSA) is 75.7 Å².